The molecule has 2 aliphatic rings. The van der Waals surface area contributed by atoms with E-state index in [1.165, 1.54) is 0 Å². The first-order chi connectivity index (χ1) is 10.2. The van der Waals surface area contributed by atoms with Crippen LogP contribution < -0.4 is 15.4 Å². The third-order valence-electron chi connectivity index (χ3n) is 3.74. The Bertz CT molecular complexity index is 491. The van der Waals surface area contributed by atoms with E-state index in [9.17, 15) is 9.90 Å². The summed E-state index contributed by atoms with van der Waals surface area (Å²) in [4.78, 5) is 12.0. The average Bonchev–Trinajstić information content (AvgIpc) is 3.12. The van der Waals surface area contributed by atoms with E-state index in [-0.39, 0.29) is 30.5 Å². The quantitative estimate of drug-likeness (QED) is 0.766. The number of anilines is 1. The largest absolute Gasteiger partial charge is 0.488 e. The van der Waals surface area contributed by atoms with Crippen molar-refractivity contribution in [2.24, 2.45) is 0 Å². The van der Waals surface area contributed by atoms with Crippen molar-refractivity contribution in [3.63, 3.8) is 0 Å². The molecule has 0 aromatic heterocycles. The Hall–Kier alpha value is -1.34. The van der Waals surface area contributed by atoms with Gasteiger partial charge in [0.1, 0.15) is 11.9 Å². The summed E-state index contributed by atoms with van der Waals surface area (Å²) in [6.45, 7) is 1.85. The van der Waals surface area contributed by atoms with Crippen LogP contribution >= 0.6 is 12.4 Å². The maximum Gasteiger partial charge on any atom is 0.241 e. The molecular weight excluding hydrogens is 308 g/mol. The summed E-state index contributed by atoms with van der Waals surface area (Å²) in [5.41, 5.74) is 0.721. The second-order valence-electron chi connectivity index (χ2n) is 5.47. The molecule has 2 saturated heterocycles. The molecule has 7 heteroatoms. The number of aliphatic hydroxyl groups is 1. The Balaban J connectivity index is 0.00000176. The molecule has 2 heterocycles. The monoisotopic (exact) mass is 328 g/mol. The van der Waals surface area contributed by atoms with Crippen molar-refractivity contribution in [1.29, 1.82) is 0 Å². The minimum atomic E-state index is -0.440. The van der Waals surface area contributed by atoms with Crippen LogP contribution in [0.15, 0.2) is 24.3 Å². The molecule has 0 aliphatic carbocycles. The lowest BCUT2D eigenvalue weighted by molar-refractivity contribution is -0.117. The smallest absolute Gasteiger partial charge is 0.241 e. The van der Waals surface area contributed by atoms with Crippen LogP contribution in [0.5, 0.6) is 5.75 Å². The number of hydrogen-bond donors (Lipinski definition) is 3. The van der Waals surface area contributed by atoms with Crippen molar-refractivity contribution in [1.82, 2.24) is 5.32 Å². The molecule has 1 amide bonds. The number of nitrogens with one attached hydrogen (secondary N) is 2. The van der Waals surface area contributed by atoms with Gasteiger partial charge in [-0.05, 0) is 30.7 Å². The zero-order valence-electron chi connectivity index (χ0n) is 12.2. The maximum absolute atomic E-state index is 12.0. The van der Waals surface area contributed by atoms with Gasteiger partial charge < -0.3 is 25.2 Å². The number of carbonyl (C=O) groups excluding carboxylic acids is 1. The Kier molecular flexibility index (Phi) is 6.02. The van der Waals surface area contributed by atoms with Gasteiger partial charge in [-0.2, -0.15) is 0 Å². The summed E-state index contributed by atoms with van der Waals surface area (Å²) >= 11 is 0. The van der Waals surface area contributed by atoms with Crippen molar-refractivity contribution in [3.8, 4) is 5.75 Å². The number of halogens is 1. The number of β-amino-alcohol motifs (C(OH)–C–C–N with tert-alkyl or cyclic N) is 1. The fourth-order valence-electron chi connectivity index (χ4n) is 2.56. The van der Waals surface area contributed by atoms with Gasteiger partial charge in [-0.15, -0.1) is 12.4 Å². The fraction of sp³-hybridized carbons (Fsp3) is 0.533. The van der Waals surface area contributed by atoms with Gasteiger partial charge in [0, 0.05) is 18.7 Å². The van der Waals surface area contributed by atoms with Crippen LogP contribution in [0.25, 0.3) is 0 Å². The van der Waals surface area contributed by atoms with E-state index in [4.69, 9.17) is 9.47 Å². The van der Waals surface area contributed by atoms with Gasteiger partial charge >= 0.3 is 0 Å². The number of hydrogen-bond acceptors (Lipinski definition) is 5. The lowest BCUT2D eigenvalue weighted by Gasteiger charge is -2.13. The minimum absolute atomic E-state index is 0. The van der Waals surface area contributed by atoms with Crippen molar-refractivity contribution < 1.29 is 19.4 Å². The van der Waals surface area contributed by atoms with Crippen LogP contribution in [0.4, 0.5) is 5.69 Å². The first kappa shape index (κ1) is 17.0. The highest BCUT2D eigenvalue weighted by Crippen LogP contribution is 2.20. The number of ether oxygens (including phenoxy) is 2. The third kappa shape index (κ3) is 4.33. The molecule has 0 bridgehead atoms. The summed E-state index contributed by atoms with van der Waals surface area (Å²) in [7, 11) is 0. The van der Waals surface area contributed by atoms with Gasteiger partial charge in [0.15, 0.2) is 0 Å². The van der Waals surface area contributed by atoms with Crippen LogP contribution in [0.1, 0.15) is 12.8 Å². The topological polar surface area (TPSA) is 79.8 Å². The number of rotatable bonds is 4. The number of aliphatic hydroxyl groups excluding tert-OH is 1. The van der Waals surface area contributed by atoms with E-state index in [1.54, 1.807) is 0 Å². The Labute approximate surface area is 135 Å². The molecule has 3 atom stereocenters. The summed E-state index contributed by atoms with van der Waals surface area (Å²) in [5, 5.41) is 15.2. The van der Waals surface area contributed by atoms with Crippen molar-refractivity contribution in [2.45, 2.75) is 31.1 Å². The Morgan fingerprint density at radius 1 is 1.36 bits per heavy atom. The van der Waals surface area contributed by atoms with Gasteiger partial charge in [0.2, 0.25) is 5.91 Å². The second-order valence-corrected chi connectivity index (χ2v) is 5.47. The first-order valence-corrected chi connectivity index (χ1v) is 7.27. The minimum Gasteiger partial charge on any atom is -0.488 e. The zero-order valence-corrected chi connectivity index (χ0v) is 13.0. The van der Waals surface area contributed by atoms with E-state index < -0.39 is 6.10 Å². The normalized spacial score (nSPS) is 27.2. The Morgan fingerprint density at radius 2 is 2.14 bits per heavy atom. The van der Waals surface area contributed by atoms with Crippen molar-refractivity contribution >= 4 is 24.0 Å². The SMILES string of the molecule is Cl.O=C(Nc1ccc(OC2CCOC2)cc1)C1CC(O)CN1. The van der Waals surface area contributed by atoms with Crippen molar-refractivity contribution in [3.05, 3.63) is 24.3 Å². The highest BCUT2D eigenvalue weighted by Gasteiger charge is 2.27. The average molecular weight is 329 g/mol. The highest BCUT2D eigenvalue weighted by atomic mass is 35.5. The molecule has 122 valence electrons. The molecule has 22 heavy (non-hydrogen) atoms. The number of amides is 1. The van der Waals surface area contributed by atoms with Gasteiger partial charge in [-0.1, -0.05) is 0 Å². The van der Waals surface area contributed by atoms with Crippen LogP contribution in [0, 0.1) is 0 Å². The predicted octanol–water partition coefficient (Wildman–Crippen LogP) is 0.937. The second kappa shape index (κ2) is 7.78. The third-order valence-corrected chi connectivity index (χ3v) is 3.74. The molecule has 1 aromatic rings. The van der Waals surface area contributed by atoms with E-state index in [0.717, 1.165) is 24.5 Å². The van der Waals surface area contributed by atoms with Gasteiger partial charge in [-0.3, -0.25) is 4.79 Å². The molecule has 3 rings (SSSR count). The lowest BCUT2D eigenvalue weighted by Crippen LogP contribution is -2.35. The summed E-state index contributed by atoms with van der Waals surface area (Å²) < 4.78 is 11.0. The summed E-state index contributed by atoms with van der Waals surface area (Å²) in [6, 6.07) is 6.98. The van der Waals surface area contributed by atoms with E-state index in [0.29, 0.717) is 19.6 Å². The van der Waals surface area contributed by atoms with E-state index >= 15 is 0 Å². The molecule has 6 nitrogen and oxygen atoms in total. The molecule has 1 aromatic carbocycles. The molecule has 3 N–H and O–H groups in total. The standard InChI is InChI=1S/C15H20N2O4.ClH/c18-11-7-14(16-8-11)15(19)17-10-1-3-12(4-2-10)21-13-5-6-20-9-13;/h1-4,11,13-14,16,18H,5-9H2,(H,17,19);1H. The van der Waals surface area contributed by atoms with Gasteiger partial charge in [0.05, 0.1) is 25.4 Å². The molecule has 0 radical (unpaired) electrons. The van der Waals surface area contributed by atoms with Crippen LogP contribution in [-0.4, -0.2) is 49.0 Å². The number of benzene rings is 1. The maximum atomic E-state index is 12.0. The van der Waals surface area contributed by atoms with Crippen LogP contribution in [0.3, 0.4) is 0 Å². The highest BCUT2D eigenvalue weighted by molar-refractivity contribution is 5.95. The summed E-state index contributed by atoms with van der Waals surface area (Å²) in [5.74, 6) is 0.655. The molecular formula is C15H21ClN2O4. The van der Waals surface area contributed by atoms with E-state index in [2.05, 4.69) is 10.6 Å². The Morgan fingerprint density at radius 3 is 2.73 bits per heavy atom. The fourth-order valence-corrected chi connectivity index (χ4v) is 2.56. The van der Waals surface area contributed by atoms with Gasteiger partial charge in [-0.25, -0.2) is 0 Å². The van der Waals surface area contributed by atoms with E-state index in [1.807, 2.05) is 24.3 Å². The van der Waals surface area contributed by atoms with Crippen LogP contribution in [0.2, 0.25) is 0 Å². The zero-order chi connectivity index (χ0) is 14.7. The molecule has 3 unspecified atom stereocenters. The molecule has 0 spiro atoms. The molecule has 2 fully saturated rings. The summed E-state index contributed by atoms with van der Waals surface area (Å²) in [6.07, 6.45) is 1.04. The van der Waals surface area contributed by atoms with Gasteiger partial charge in [0.25, 0.3) is 0 Å². The number of carbonyl (C=O) groups is 1. The van der Waals surface area contributed by atoms with Crippen LogP contribution in [-0.2, 0) is 9.53 Å². The predicted molar refractivity (Wildman–Crippen MR) is 84.6 cm³/mol. The molecule has 2 aliphatic heterocycles. The first-order valence-electron chi connectivity index (χ1n) is 7.27. The lowest BCUT2D eigenvalue weighted by atomic mass is 10.2. The molecule has 0 saturated carbocycles. The van der Waals surface area contributed by atoms with Crippen molar-refractivity contribution in [2.75, 3.05) is 25.1 Å².